The van der Waals surface area contributed by atoms with Crippen LogP contribution in [0.25, 0.3) is 0 Å². The highest BCUT2D eigenvalue weighted by Crippen LogP contribution is 2.20. The van der Waals surface area contributed by atoms with Crippen molar-refractivity contribution in [2.45, 2.75) is 38.6 Å². The molecule has 0 bridgehead atoms. The van der Waals surface area contributed by atoms with Crippen molar-refractivity contribution in [1.82, 2.24) is 9.88 Å². The van der Waals surface area contributed by atoms with Crippen LogP contribution in [0.5, 0.6) is 0 Å². The van der Waals surface area contributed by atoms with E-state index in [0.29, 0.717) is 18.1 Å². The first-order valence-electron chi connectivity index (χ1n) is 6.22. The minimum atomic E-state index is -0.338. The van der Waals surface area contributed by atoms with Crippen LogP contribution in [0, 0.1) is 0 Å². The summed E-state index contributed by atoms with van der Waals surface area (Å²) in [6.45, 7) is 2.51. The molecule has 0 aliphatic carbocycles. The molecule has 0 radical (unpaired) electrons. The largest absolute Gasteiger partial charge is 0.331 e. The third-order valence-corrected chi connectivity index (χ3v) is 3.78. The maximum Gasteiger partial charge on any atom is 0.248 e. The predicted octanol–water partition coefficient (Wildman–Crippen LogP) is 1.87. The zero-order valence-corrected chi connectivity index (χ0v) is 11.2. The van der Waals surface area contributed by atoms with Crippen molar-refractivity contribution in [3.8, 4) is 0 Å². The van der Waals surface area contributed by atoms with Crippen LogP contribution in [-0.2, 0) is 9.59 Å². The first-order chi connectivity index (χ1) is 8.72. The highest BCUT2D eigenvalue weighted by atomic mass is 32.1. The summed E-state index contributed by atoms with van der Waals surface area (Å²) >= 11 is 1.38. The maximum absolute atomic E-state index is 12.2. The molecule has 98 valence electrons. The summed E-state index contributed by atoms with van der Waals surface area (Å²) in [6.07, 6.45) is 4.80. The van der Waals surface area contributed by atoms with Crippen molar-refractivity contribution in [2.24, 2.45) is 0 Å². The minimum absolute atomic E-state index is 0.0500. The molecule has 6 heteroatoms. The number of rotatable bonds is 3. The molecular weight excluding hydrogens is 250 g/mol. The Balaban J connectivity index is 2.04. The second-order valence-electron chi connectivity index (χ2n) is 4.28. The normalized spacial score (nSPS) is 19.6. The van der Waals surface area contributed by atoms with Gasteiger partial charge in [-0.1, -0.05) is 6.92 Å². The van der Waals surface area contributed by atoms with Crippen molar-refractivity contribution < 1.29 is 9.59 Å². The summed E-state index contributed by atoms with van der Waals surface area (Å²) in [5.41, 5.74) is 0. The summed E-state index contributed by atoms with van der Waals surface area (Å²) in [7, 11) is 0. The van der Waals surface area contributed by atoms with Crippen molar-refractivity contribution in [3.63, 3.8) is 0 Å². The van der Waals surface area contributed by atoms with Crippen LogP contribution >= 0.6 is 11.3 Å². The topological polar surface area (TPSA) is 62.3 Å². The Morgan fingerprint density at radius 2 is 2.39 bits per heavy atom. The predicted molar refractivity (Wildman–Crippen MR) is 70.4 cm³/mol. The molecule has 0 saturated carbocycles. The quantitative estimate of drug-likeness (QED) is 0.909. The lowest BCUT2D eigenvalue weighted by molar-refractivity contribution is -0.140. The fourth-order valence-corrected chi connectivity index (χ4v) is 2.71. The molecule has 0 spiro atoms. The second kappa shape index (κ2) is 5.95. The van der Waals surface area contributed by atoms with E-state index < -0.39 is 0 Å². The molecule has 2 amide bonds. The van der Waals surface area contributed by atoms with Crippen LogP contribution in [0.15, 0.2) is 11.6 Å². The Morgan fingerprint density at radius 3 is 3.06 bits per heavy atom. The molecule has 0 aromatic carbocycles. The maximum atomic E-state index is 12.2. The second-order valence-corrected chi connectivity index (χ2v) is 5.17. The van der Waals surface area contributed by atoms with Crippen molar-refractivity contribution in [1.29, 1.82) is 0 Å². The molecule has 2 heterocycles. The zero-order chi connectivity index (χ0) is 13.0. The number of anilines is 1. The molecular formula is C12H17N3O2S. The number of carbonyl (C=O) groups excluding carboxylic acids is 2. The number of hydrogen-bond donors (Lipinski definition) is 1. The van der Waals surface area contributed by atoms with Gasteiger partial charge in [0.25, 0.3) is 0 Å². The SMILES string of the molecule is CCC(=O)N1CCCC[C@H]1C(=O)Nc1nccs1. The van der Waals surface area contributed by atoms with E-state index in [1.54, 1.807) is 11.1 Å². The molecule has 1 N–H and O–H groups in total. The van der Waals surface area contributed by atoms with Crippen LogP contribution in [0.3, 0.4) is 0 Å². The Labute approximate surface area is 110 Å². The Morgan fingerprint density at radius 1 is 1.56 bits per heavy atom. The average Bonchev–Trinajstić information content (AvgIpc) is 2.90. The summed E-state index contributed by atoms with van der Waals surface area (Å²) in [5.74, 6) is -0.0690. The van der Waals surface area contributed by atoms with Gasteiger partial charge in [-0.2, -0.15) is 0 Å². The number of nitrogens with one attached hydrogen (secondary N) is 1. The lowest BCUT2D eigenvalue weighted by Gasteiger charge is -2.34. The molecule has 18 heavy (non-hydrogen) atoms. The van der Waals surface area contributed by atoms with Crippen molar-refractivity contribution in [2.75, 3.05) is 11.9 Å². The van der Waals surface area contributed by atoms with Gasteiger partial charge in [0.1, 0.15) is 6.04 Å². The first-order valence-corrected chi connectivity index (χ1v) is 7.10. The van der Waals surface area contributed by atoms with Gasteiger partial charge in [0.05, 0.1) is 0 Å². The van der Waals surface area contributed by atoms with Gasteiger partial charge in [-0.05, 0) is 19.3 Å². The smallest absolute Gasteiger partial charge is 0.248 e. The van der Waals surface area contributed by atoms with Gasteiger partial charge < -0.3 is 10.2 Å². The van der Waals surface area contributed by atoms with Crippen LogP contribution in [0.1, 0.15) is 32.6 Å². The third kappa shape index (κ3) is 2.87. The van der Waals surface area contributed by atoms with Crippen LogP contribution in [0.4, 0.5) is 5.13 Å². The van der Waals surface area contributed by atoms with Crippen LogP contribution in [-0.4, -0.2) is 34.3 Å². The first kappa shape index (κ1) is 13.0. The van der Waals surface area contributed by atoms with Gasteiger partial charge in [0, 0.05) is 24.5 Å². The van der Waals surface area contributed by atoms with E-state index in [9.17, 15) is 9.59 Å². The van der Waals surface area contributed by atoms with Crippen LogP contribution in [0.2, 0.25) is 0 Å². The van der Waals surface area contributed by atoms with E-state index in [1.807, 2.05) is 12.3 Å². The average molecular weight is 267 g/mol. The van der Waals surface area contributed by atoms with Gasteiger partial charge in [-0.3, -0.25) is 9.59 Å². The fourth-order valence-electron chi connectivity index (χ4n) is 2.18. The summed E-state index contributed by atoms with van der Waals surface area (Å²) < 4.78 is 0. The number of likely N-dealkylation sites (tertiary alicyclic amines) is 1. The van der Waals surface area contributed by atoms with E-state index in [2.05, 4.69) is 10.3 Å². The van der Waals surface area contributed by atoms with E-state index >= 15 is 0 Å². The molecule has 0 unspecified atom stereocenters. The molecule has 5 nitrogen and oxygen atoms in total. The number of aromatic nitrogens is 1. The van der Waals surface area contributed by atoms with E-state index in [4.69, 9.17) is 0 Å². The minimum Gasteiger partial charge on any atom is -0.331 e. The molecule has 1 aliphatic rings. The van der Waals surface area contributed by atoms with Gasteiger partial charge in [-0.25, -0.2) is 4.98 Å². The van der Waals surface area contributed by atoms with E-state index in [-0.39, 0.29) is 17.9 Å². The molecule has 1 saturated heterocycles. The van der Waals surface area contributed by atoms with Gasteiger partial charge >= 0.3 is 0 Å². The zero-order valence-electron chi connectivity index (χ0n) is 10.4. The highest BCUT2D eigenvalue weighted by Gasteiger charge is 2.31. The number of carbonyl (C=O) groups is 2. The van der Waals surface area contributed by atoms with E-state index in [1.165, 1.54) is 11.3 Å². The highest BCUT2D eigenvalue weighted by molar-refractivity contribution is 7.13. The standard InChI is InChI=1S/C12H17N3O2S/c1-2-10(16)15-7-4-3-5-9(15)11(17)14-12-13-6-8-18-12/h6,8-9H,2-5,7H2,1H3,(H,13,14,17)/t9-/m0/s1. The Kier molecular flexibility index (Phi) is 4.30. The summed E-state index contributed by atoms with van der Waals surface area (Å²) in [5, 5.41) is 5.18. The fraction of sp³-hybridized carbons (Fsp3) is 0.583. The molecule has 1 aromatic rings. The third-order valence-electron chi connectivity index (χ3n) is 3.09. The van der Waals surface area contributed by atoms with Gasteiger partial charge in [0.2, 0.25) is 11.8 Å². The number of hydrogen-bond acceptors (Lipinski definition) is 4. The summed E-state index contributed by atoms with van der Waals surface area (Å²) in [4.78, 5) is 29.7. The molecule has 1 atom stereocenters. The summed E-state index contributed by atoms with van der Waals surface area (Å²) in [6, 6.07) is -0.338. The molecule has 1 aromatic heterocycles. The van der Waals surface area contributed by atoms with Crippen LogP contribution < -0.4 is 5.32 Å². The van der Waals surface area contributed by atoms with Gasteiger partial charge in [-0.15, -0.1) is 11.3 Å². The van der Waals surface area contributed by atoms with Crippen molar-refractivity contribution in [3.05, 3.63) is 11.6 Å². The number of thiazole rings is 1. The molecule has 1 aliphatic heterocycles. The van der Waals surface area contributed by atoms with E-state index in [0.717, 1.165) is 19.3 Å². The van der Waals surface area contributed by atoms with Gasteiger partial charge in [0.15, 0.2) is 5.13 Å². The lowest BCUT2D eigenvalue weighted by Crippen LogP contribution is -2.49. The lowest BCUT2D eigenvalue weighted by atomic mass is 10.0. The molecule has 1 fully saturated rings. The molecule has 2 rings (SSSR count). The Bertz CT molecular complexity index is 419. The number of nitrogens with zero attached hydrogens (tertiary/aromatic N) is 2. The van der Waals surface area contributed by atoms with Crippen molar-refractivity contribution >= 4 is 28.3 Å². The number of piperidine rings is 1. The Hall–Kier alpha value is -1.43. The number of amides is 2. The monoisotopic (exact) mass is 267 g/mol.